The summed E-state index contributed by atoms with van der Waals surface area (Å²) in [6.45, 7) is 5.67. The number of aromatic nitrogens is 2. The third kappa shape index (κ3) is 3.20. The molecular formula is C20H21ClN4O. The van der Waals surface area contributed by atoms with Crippen molar-refractivity contribution in [2.24, 2.45) is 0 Å². The molecule has 1 saturated heterocycles. The minimum Gasteiger partial charge on any atom is -0.368 e. The van der Waals surface area contributed by atoms with Gasteiger partial charge >= 0.3 is 0 Å². The summed E-state index contributed by atoms with van der Waals surface area (Å²) in [5.41, 5.74) is 1.75. The average Bonchev–Trinajstić information content (AvgIpc) is 2.68. The van der Waals surface area contributed by atoms with E-state index in [2.05, 4.69) is 32.8 Å². The Hall–Kier alpha value is -2.37. The van der Waals surface area contributed by atoms with Gasteiger partial charge in [0.05, 0.1) is 27.7 Å². The minimum atomic E-state index is -0.0767. The number of piperazine rings is 1. The third-order valence-electron chi connectivity index (χ3n) is 5.08. The zero-order valence-electron chi connectivity index (χ0n) is 14.7. The number of hydrogen-bond acceptors (Lipinski definition) is 4. The van der Waals surface area contributed by atoms with Crippen LogP contribution in [-0.4, -0.2) is 41.0 Å². The van der Waals surface area contributed by atoms with Gasteiger partial charge in [-0.05, 0) is 31.2 Å². The van der Waals surface area contributed by atoms with Gasteiger partial charge in [0.25, 0.3) is 5.56 Å². The monoisotopic (exact) mass is 368 g/mol. The lowest BCUT2D eigenvalue weighted by Crippen LogP contribution is -2.47. The maximum absolute atomic E-state index is 12.3. The Morgan fingerprint density at radius 2 is 1.73 bits per heavy atom. The summed E-state index contributed by atoms with van der Waals surface area (Å²) < 4.78 is 0. The van der Waals surface area contributed by atoms with E-state index in [9.17, 15) is 4.79 Å². The topological polar surface area (TPSA) is 52.2 Å². The number of fused-ring (bicyclic) bond motifs is 1. The molecule has 3 aromatic rings. The zero-order chi connectivity index (χ0) is 18.1. The van der Waals surface area contributed by atoms with E-state index in [4.69, 9.17) is 11.6 Å². The molecule has 1 aliphatic rings. The van der Waals surface area contributed by atoms with E-state index in [1.165, 1.54) is 0 Å². The van der Waals surface area contributed by atoms with Crippen molar-refractivity contribution < 1.29 is 0 Å². The molecule has 6 heteroatoms. The number of hydrogen-bond donors (Lipinski definition) is 1. The molecule has 0 bridgehead atoms. The number of rotatable bonds is 3. The number of aromatic amines is 1. The van der Waals surface area contributed by atoms with Crippen molar-refractivity contribution in [1.29, 1.82) is 0 Å². The van der Waals surface area contributed by atoms with Gasteiger partial charge < -0.3 is 9.88 Å². The largest absolute Gasteiger partial charge is 0.368 e. The van der Waals surface area contributed by atoms with Gasteiger partial charge in [-0.1, -0.05) is 35.9 Å². The Bertz CT molecular complexity index is 979. The van der Waals surface area contributed by atoms with Crippen LogP contribution >= 0.6 is 11.6 Å². The lowest BCUT2D eigenvalue weighted by molar-refractivity contribution is 0.192. The molecule has 2 heterocycles. The highest BCUT2D eigenvalue weighted by Crippen LogP contribution is 2.27. The Labute approximate surface area is 157 Å². The molecular weight excluding hydrogens is 348 g/mol. The molecule has 0 amide bonds. The average molecular weight is 369 g/mol. The van der Waals surface area contributed by atoms with Crippen LogP contribution in [0.25, 0.3) is 10.9 Å². The van der Waals surface area contributed by atoms with Crippen molar-refractivity contribution >= 4 is 28.2 Å². The minimum absolute atomic E-state index is 0.0562. The van der Waals surface area contributed by atoms with E-state index in [0.717, 1.165) is 48.2 Å². The van der Waals surface area contributed by atoms with Crippen molar-refractivity contribution in [1.82, 2.24) is 14.9 Å². The fraction of sp³-hybridized carbons (Fsp3) is 0.300. The first kappa shape index (κ1) is 17.1. The molecule has 1 N–H and O–H groups in total. The van der Waals surface area contributed by atoms with E-state index in [1.807, 2.05) is 36.4 Å². The maximum atomic E-state index is 12.3. The molecule has 0 spiro atoms. The number of H-pyrrole nitrogens is 1. The number of nitrogens with one attached hydrogen (secondary N) is 1. The van der Waals surface area contributed by atoms with E-state index in [1.54, 1.807) is 6.07 Å². The van der Waals surface area contributed by atoms with Crippen molar-refractivity contribution in [2.45, 2.75) is 13.0 Å². The van der Waals surface area contributed by atoms with Crippen molar-refractivity contribution in [3.05, 3.63) is 69.7 Å². The molecule has 0 radical (unpaired) electrons. The highest BCUT2D eigenvalue weighted by molar-refractivity contribution is 6.33. The smallest absolute Gasteiger partial charge is 0.258 e. The quantitative estimate of drug-likeness (QED) is 0.769. The molecule has 0 aliphatic carbocycles. The zero-order valence-corrected chi connectivity index (χ0v) is 15.4. The fourth-order valence-corrected chi connectivity index (χ4v) is 3.79. The van der Waals surface area contributed by atoms with E-state index in [0.29, 0.717) is 5.39 Å². The van der Waals surface area contributed by atoms with Gasteiger partial charge in [0.1, 0.15) is 5.82 Å². The SMILES string of the molecule is CC(c1nc2ccccc2c(=O)[nH]1)N1CCN(c2ccccc2Cl)CC1. The van der Waals surface area contributed by atoms with E-state index in [-0.39, 0.29) is 11.6 Å². The van der Waals surface area contributed by atoms with Crippen LogP contribution in [0, 0.1) is 0 Å². The van der Waals surface area contributed by atoms with Gasteiger partial charge in [-0.2, -0.15) is 0 Å². The van der Waals surface area contributed by atoms with Crippen LogP contribution in [0.3, 0.4) is 0 Å². The number of benzene rings is 2. The van der Waals surface area contributed by atoms with Crippen molar-refractivity contribution in [3.63, 3.8) is 0 Å². The molecule has 1 fully saturated rings. The standard InChI is InChI=1S/C20H21ClN4O/c1-14(19-22-17-8-4-2-6-15(17)20(26)23-19)24-10-12-25(13-11-24)18-9-5-3-7-16(18)21/h2-9,14H,10-13H2,1H3,(H,22,23,26). The molecule has 5 nitrogen and oxygen atoms in total. The number of anilines is 1. The number of para-hydroxylation sites is 2. The lowest BCUT2D eigenvalue weighted by atomic mass is 10.2. The summed E-state index contributed by atoms with van der Waals surface area (Å²) in [5, 5.41) is 1.42. The molecule has 0 saturated carbocycles. The first-order valence-corrected chi connectivity index (χ1v) is 9.24. The second kappa shape index (κ2) is 7.09. The lowest BCUT2D eigenvalue weighted by Gasteiger charge is -2.39. The first-order chi connectivity index (χ1) is 12.6. The van der Waals surface area contributed by atoms with Gasteiger partial charge in [-0.15, -0.1) is 0 Å². The van der Waals surface area contributed by atoms with Crippen LogP contribution in [0.15, 0.2) is 53.3 Å². The predicted molar refractivity (Wildman–Crippen MR) is 106 cm³/mol. The van der Waals surface area contributed by atoms with E-state index >= 15 is 0 Å². The van der Waals surface area contributed by atoms with Gasteiger partial charge in [0, 0.05) is 26.2 Å². The molecule has 2 aromatic carbocycles. The molecule has 4 rings (SSSR count). The molecule has 1 aliphatic heterocycles. The predicted octanol–water partition coefficient (Wildman–Crippen LogP) is 3.46. The molecule has 1 atom stereocenters. The Balaban J connectivity index is 1.51. The normalized spacial score (nSPS) is 16.8. The number of nitrogens with zero attached hydrogens (tertiary/aromatic N) is 3. The molecule has 26 heavy (non-hydrogen) atoms. The number of halogens is 1. The van der Waals surface area contributed by atoms with Gasteiger partial charge in [-0.3, -0.25) is 9.69 Å². The summed E-state index contributed by atoms with van der Waals surface area (Å²) in [4.78, 5) is 24.6. The maximum Gasteiger partial charge on any atom is 0.258 e. The van der Waals surface area contributed by atoms with Gasteiger partial charge in [0.2, 0.25) is 0 Å². The summed E-state index contributed by atoms with van der Waals surface area (Å²) in [5.74, 6) is 0.722. The summed E-state index contributed by atoms with van der Waals surface area (Å²) >= 11 is 6.32. The second-order valence-corrected chi connectivity index (χ2v) is 7.03. The first-order valence-electron chi connectivity index (χ1n) is 8.86. The Morgan fingerprint density at radius 3 is 2.50 bits per heavy atom. The van der Waals surface area contributed by atoms with Crippen LogP contribution in [0.2, 0.25) is 5.02 Å². The van der Waals surface area contributed by atoms with E-state index < -0.39 is 0 Å². The highest BCUT2D eigenvalue weighted by Gasteiger charge is 2.24. The molecule has 1 aromatic heterocycles. The summed E-state index contributed by atoms with van der Waals surface area (Å²) in [6, 6.07) is 15.5. The van der Waals surface area contributed by atoms with Crippen molar-refractivity contribution in [2.75, 3.05) is 31.1 Å². The Morgan fingerprint density at radius 1 is 1.04 bits per heavy atom. The fourth-order valence-electron chi connectivity index (χ4n) is 3.53. The third-order valence-corrected chi connectivity index (χ3v) is 5.40. The van der Waals surface area contributed by atoms with Crippen LogP contribution in [0.1, 0.15) is 18.8 Å². The Kier molecular flexibility index (Phi) is 4.66. The van der Waals surface area contributed by atoms with Crippen LogP contribution in [0.5, 0.6) is 0 Å². The highest BCUT2D eigenvalue weighted by atomic mass is 35.5. The summed E-state index contributed by atoms with van der Waals surface area (Å²) in [6.07, 6.45) is 0. The summed E-state index contributed by atoms with van der Waals surface area (Å²) in [7, 11) is 0. The van der Waals surface area contributed by atoms with Crippen LogP contribution < -0.4 is 10.5 Å². The second-order valence-electron chi connectivity index (χ2n) is 6.62. The van der Waals surface area contributed by atoms with Crippen LogP contribution in [-0.2, 0) is 0 Å². The van der Waals surface area contributed by atoms with Crippen molar-refractivity contribution in [3.8, 4) is 0 Å². The van der Waals surface area contributed by atoms with Gasteiger partial charge in [0.15, 0.2) is 0 Å². The molecule has 134 valence electrons. The van der Waals surface area contributed by atoms with Gasteiger partial charge in [-0.25, -0.2) is 4.98 Å². The molecule has 1 unspecified atom stereocenters. The van der Waals surface area contributed by atoms with Crippen LogP contribution in [0.4, 0.5) is 5.69 Å².